The molecule has 1 unspecified atom stereocenters. The lowest BCUT2D eigenvalue weighted by Gasteiger charge is -2.40. The zero-order valence-corrected chi connectivity index (χ0v) is 43.5. The summed E-state index contributed by atoms with van der Waals surface area (Å²) in [5.74, 6) is 6.02. The Hall–Kier alpha value is -4.88. The molecule has 0 bridgehead atoms. The number of likely N-dealkylation sites (tertiary alicyclic amines) is 1. The second-order valence-corrected chi connectivity index (χ2v) is 19.9. The van der Waals surface area contributed by atoms with E-state index in [1.807, 2.05) is 82.2 Å². The van der Waals surface area contributed by atoms with Gasteiger partial charge in [0.15, 0.2) is 5.96 Å². The summed E-state index contributed by atoms with van der Waals surface area (Å²) in [5.41, 5.74) is 0.882. The highest BCUT2D eigenvalue weighted by Crippen LogP contribution is 2.48. The minimum absolute atomic E-state index is 0.000924. The predicted octanol–water partition coefficient (Wildman–Crippen LogP) is 4.90. The number of nitrogens with zero attached hydrogens (tertiary/aromatic N) is 6. The van der Waals surface area contributed by atoms with E-state index in [-0.39, 0.29) is 60.5 Å². The smallest absolute Gasteiger partial charge is 0.409 e. The van der Waals surface area contributed by atoms with Crippen molar-refractivity contribution in [3.63, 3.8) is 0 Å². The zero-order valence-electron chi connectivity index (χ0n) is 43.5. The molecule has 3 aliphatic rings. The molecule has 1 aromatic rings. The normalized spacial score (nSPS) is 21.6. The summed E-state index contributed by atoms with van der Waals surface area (Å²) >= 11 is 0. The minimum atomic E-state index is -0.887. The number of aliphatic imine (C=N–C) groups is 1. The van der Waals surface area contributed by atoms with Crippen LogP contribution in [0.1, 0.15) is 98.0 Å². The Morgan fingerprint density at radius 2 is 1.50 bits per heavy atom. The number of carbonyl (C=O) groups is 5. The van der Waals surface area contributed by atoms with Crippen LogP contribution >= 0.6 is 0 Å². The first kappa shape index (κ1) is 55.7. The van der Waals surface area contributed by atoms with Gasteiger partial charge < -0.3 is 49.3 Å². The molecule has 1 saturated carbocycles. The molecule has 1 aromatic carbocycles. The first-order valence-electron chi connectivity index (χ1n) is 24.9. The minimum Gasteiger partial charge on any atom is -0.445 e. The van der Waals surface area contributed by atoms with Crippen LogP contribution in [0.15, 0.2) is 35.3 Å². The SMILES string of the molecule is CC[C@H](C)[C@@H]([C@@H](CC(=O)N1CCC[C@H]1[C@H](OC)[C@@H](C)C(=O)N[C@@H](Cc1ccccc1)C(=O)NCCCN(C)C(=O)O[C@H]1C2CCC#CCC[C@@H]21)OC)N(C)C(=O)[C@@H](N=C(N(C)C)N(C)C)C(C)C. The van der Waals surface area contributed by atoms with Gasteiger partial charge in [-0.1, -0.05) is 71.4 Å². The molecule has 68 heavy (non-hydrogen) atoms. The van der Waals surface area contributed by atoms with Crippen molar-refractivity contribution in [1.29, 1.82) is 0 Å². The molecular formula is C52H84N8O8. The summed E-state index contributed by atoms with van der Waals surface area (Å²) in [5, 5.41) is 6.00. The van der Waals surface area contributed by atoms with Crippen LogP contribution in [-0.4, -0.2) is 179 Å². The second-order valence-electron chi connectivity index (χ2n) is 19.9. The molecule has 2 fully saturated rings. The first-order valence-corrected chi connectivity index (χ1v) is 24.9. The number of methoxy groups -OCH3 is 2. The van der Waals surface area contributed by atoms with Crippen molar-refractivity contribution >= 4 is 35.7 Å². The van der Waals surface area contributed by atoms with Gasteiger partial charge in [-0.25, -0.2) is 9.79 Å². The van der Waals surface area contributed by atoms with Gasteiger partial charge in [0.05, 0.1) is 36.6 Å². The van der Waals surface area contributed by atoms with E-state index in [0.717, 1.165) is 44.1 Å². The summed E-state index contributed by atoms with van der Waals surface area (Å²) in [4.78, 5) is 83.5. The van der Waals surface area contributed by atoms with E-state index in [0.29, 0.717) is 50.3 Å². The maximum Gasteiger partial charge on any atom is 0.409 e. The summed E-state index contributed by atoms with van der Waals surface area (Å²) in [6, 6.07) is 7.15. The van der Waals surface area contributed by atoms with E-state index < -0.39 is 42.3 Å². The third kappa shape index (κ3) is 15.1. The quantitative estimate of drug-likeness (QED) is 0.0668. The molecule has 2 aliphatic carbocycles. The van der Waals surface area contributed by atoms with Crippen LogP contribution in [0.5, 0.6) is 0 Å². The predicted molar refractivity (Wildman–Crippen MR) is 265 cm³/mol. The average molecular weight is 949 g/mol. The van der Waals surface area contributed by atoms with Gasteiger partial charge in [-0.3, -0.25) is 19.2 Å². The monoisotopic (exact) mass is 949 g/mol. The Labute approximate surface area is 407 Å². The van der Waals surface area contributed by atoms with Gasteiger partial charge in [0.25, 0.3) is 0 Å². The Balaban J connectivity index is 1.41. The highest BCUT2D eigenvalue weighted by Gasteiger charge is 2.52. The molecule has 2 N–H and O–H groups in total. The Morgan fingerprint density at radius 3 is 2.06 bits per heavy atom. The molecule has 16 nitrogen and oxygen atoms in total. The number of nitrogens with one attached hydrogen (secondary N) is 2. The number of amides is 5. The van der Waals surface area contributed by atoms with Crippen molar-refractivity contribution < 1.29 is 38.2 Å². The molecule has 5 amide bonds. The zero-order chi connectivity index (χ0) is 50.2. The van der Waals surface area contributed by atoms with Gasteiger partial charge in [-0.05, 0) is 49.5 Å². The van der Waals surface area contributed by atoms with Crippen LogP contribution in [0.3, 0.4) is 0 Å². The molecule has 0 spiro atoms. The highest BCUT2D eigenvalue weighted by molar-refractivity contribution is 5.89. The van der Waals surface area contributed by atoms with Gasteiger partial charge in [0.2, 0.25) is 23.6 Å². The van der Waals surface area contributed by atoms with Crippen LogP contribution in [0.25, 0.3) is 0 Å². The first-order chi connectivity index (χ1) is 32.4. The number of carbonyl (C=O) groups excluding carboxylic acids is 5. The number of benzene rings is 1. The second kappa shape index (κ2) is 26.8. The summed E-state index contributed by atoms with van der Waals surface area (Å²) in [7, 11) is 14.2. The third-order valence-corrected chi connectivity index (χ3v) is 14.2. The number of hydrogen-bond donors (Lipinski definition) is 2. The van der Waals surface area contributed by atoms with Crippen molar-refractivity contribution in [1.82, 2.24) is 35.1 Å². The van der Waals surface area contributed by atoms with Crippen LogP contribution in [0.2, 0.25) is 0 Å². The topological polar surface area (TPSA) is 166 Å². The molecular weight excluding hydrogens is 865 g/mol. The molecule has 0 radical (unpaired) electrons. The fraction of sp³-hybridized carbons (Fsp3) is 0.731. The molecule has 0 aromatic heterocycles. The fourth-order valence-corrected chi connectivity index (χ4v) is 10.1. The molecule has 1 aliphatic heterocycles. The molecule has 1 heterocycles. The van der Waals surface area contributed by atoms with E-state index in [4.69, 9.17) is 19.2 Å². The third-order valence-electron chi connectivity index (χ3n) is 14.2. The number of guanidine groups is 1. The molecule has 380 valence electrons. The Bertz CT molecular complexity index is 1870. The lowest BCUT2D eigenvalue weighted by Crippen LogP contribution is -2.55. The number of likely N-dealkylation sites (N-methyl/N-ethyl adjacent to an activating group) is 1. The number of hydrogen-bond acceptors (Lipinski definition) is 9. The van der Waals surface area contributed by atoms with E-state index in [2.05, 4.69) is 36.3 Å². The van der Waals surface area contributed by atoms with Crippen LogP contribution in [-0.2, 0) is 39.8 Å². The van der Waals surface area contributed by atoms with E-state index in [9.17, 15) is 24.0 Å². The van der Waals surface area contributed by atoms with Crippen molar-refractivity contribution in [2.75, 3.05) is 76.1 Å². The number of rotatable bonds is 23. The van der Waals surface area contributed by atoms with Gasteiger partial charge >= 0.3 is 6.09 Å². The summed E-state index contributed by atoms with van der Waals surface area (Å²) < 4.78 is 18.0. The Morgan fingerprint density at radius 1 is 0.868 bits per heavy atom. The largest absolute Gasteiger partial charge is 0.445 e. The van der Waals surface area contributed by atoms with Gasteiger partial charge in [-0.2, -0.15) is 0 Å². The van der Waals surface area contributed by atoms with Gasteiger partial charge in [-0.15, -0.1) is 11.8 Å². The maximum absolute atomic E-state index is 14.5. The van der Waals surface area contributed by atoms with Crippen molar-refractivity contribution in [3.8, 4) is 11.8 Å². The molecule has 16 heteroatoms. The molecule has 11 atom stereocenters. The fourth-order valence-electron chi connectivity index (χ4n) is 10.1. The van der Waals surface area contributed by atoms with Crippen molar-refractivity contribution in [2.24, 2.45) is 34.6 Å². The van der Waals surface area contributed by atoms with E-state index >= 15 is 0 Å². The van der Waals surface area contributed by atoms with Gasteiger partial charge in [0.1, 0.15) is 18.2 Å². The van der Waals surface area contributed by atoms with Gasteiger partial charge in [0, 0.05) is 107 Å². The Kier molecular flexibility index (Phi) is 21.9. The summed E-state index contributed by atoms with van der Waals surface area (Å²) in [6.07, 6.45) is 4.82. The van der Waals surface area contributed by atoms with Crippen molar-refractivity contribution in [2.45, 2.75) is 141 Å². The lowest BCUT2D eigenvalue weighted by molar-refractivity contribution is -0.146. The van der Waals surface area contributed by atoms with E-state index in [1.165, 1.54) is 0 Å². The standard InChI is InChI=1S/C52H84N8O8/c1-14-35(4)45(59(11)50(64)44(34(2)3)55-51(56(6)7)57(8)9)42(66-12)33-43(61)60-31-22-28-41(60)46(67-13)36(5)48(62)54-40(32-37-24-18-17-19-25-37)49(63)53-29-23-30-58(10)52(65)68-47-38-26-20-15-16-21-27-39(38)47/h17-19,24-25,34-36,38-42,44-47H,14,20-23,26-33H2,1-13H3,(H,53,63)(H,54,62)/t35-,36+,38-,39?,40-,41-,42+,44-,45-,46+,47+/m0/s1. The van der Waals surface area contributed by atoms with Crippen LogP contribution in [0.4, 0.5) is 4.79 Å². The maximum atomic E-state index is 14.5. The average Bonchev–Trinajstić information content (AvgIpc) is 3.66. The number of ether oxygens (including phenoxy) is 3. The van der Waals surface area contributed by atoms with Crippen LogP contribution < -0.4 is 10.6 Å². The lowest BCUT2D eigenvalue weighted by atomic mass is 9.89. The summed E-state index contributed by atoms with van der Waals surface area (Å²) in [6.45, 7) is 11.1. The highest BCUT2D eigenvalue weighted by atomic mass is 16.6. The number of fused-ring (bicyclic) bond motifs is 1. The molecule has 4 rings (SSSR count). The van der Waals surface area contributed by atoms with Crippen molar-refractivity contribution in [3.05, 3.63) is 35.9 Å². The van der Waals surface area contributed by atoms with Crippen LogP contribution in [0, 0.1) is 41.4 Å². The molecule has 1 saturated heterocycles. The van der Waals surface area contributed by atoms with E-state index in [1.54, 1.807) is 49.9 Å².